The molecule has 2 rings (SSSR count). The van der Waals surface area contributed by atoms with Crippen LogP contribution >= 0.6 is 0 Å². The van der Waals surface area contributed by atoms with Crippen molar-refractivity contribution in [1.82, 2.24) is 9.38 Å². The van der Waals surface area contributed by atoms with Gasteiger partial charge in [0.2, 0.25) is 0 Å². The van der Waals surface area contributed by atoms with Gasteiger partial charge in [0.25, 0.3) is 0 Å². The molecule has 0 aliphatic carbocycles. The monoisotopic (exact) mass is 233 g/mol. The van der Waals surface area contributed by atoms with Crippen LogP contribution in [0.3, 0.4) is 0 Å². The first-order valence-corrected chi connectivity index (χ1v) is 5.78. The van der Waals surface area contributed by atoms with E-state index in [-0.39, 0.29) is 18.1 Å². The van der Waals surface area contributed by atoms with Crippen LogP contribution in [0.1, 0.15) is 38.1 Å². The van der Waals surface area contributed by atoms with Crippen LogP contribution in [-0.2, 0) is 5.41 Å². The van der Waals surface area contributed by atoms with E-state index in [9.17, 15) is 0 Å². The zero-order valence-electron chi connectivity index (χ0n) is 10.5. The number of imidazole rings is 1. The highest BCUT2D eigenvalue weighted by molar-refractivity contribution is 5.51. The van der Waals surface area contributed by atoms with Crippen molar-refractivity contribution >= 4 is 5.65 Å². The molecule has 0 radical (unpaired) electrons. The molecule has 1 atom stereocenters. The number of nitrogens with two attached hydrogens (primary N) is 1. The van der Waals surface area contributed by atoms with Gasteiger partial charge >= 0.3 is 0 Å². The van der Waals surface area contributed by atoms with Crippen molar-refractivity contribution < 1.29 is 5.11 Å². The standard InChI is InChI=1S/C13H19N3O/c1-13(2,3)11-7-16-6-4-5-9(10(14)8-17)12(16)15-11/h4-7,10,17H,8,14H2,1-3H3. The zero-order valence-corrected chi connectivity index (χ0v) is 10.5. The molecular formula is C13H19N3O. The molecule has 0 aliphatic heterocycles. The van der Waals surface area contributed by atoms with Crippen molar-refractivity contribution in [2.24, 2.45) is 5.73 Å². The Balaban J connectivity index is 2.61. The Labute approximate surface area is 101 Å². The summed E-state index contributed by atoms with van der Waals surface area (Å²) in [6, 6.07) is 3.45. The van der Waals surface area contributed by atoms with Gasteiger partial charge in [-0.25, -0.2) is 4.98 Å². The Kier molecular flexibility index (Phi) is 2.93. The molecule has 4 nitrogen and oxygen atoms in total. The number of rotatable bonds is 2. The molecule has 0 amide bonds. The molecule has 3 N–H and O–H groups in total. The Bertz CT molecular complexity index is 525. The second kappa shape index (κ2) is 4.13. The van der Waals surface area contributed by atoms with Gasteiger partial charge in [-0.15, -0.1) is 0 Å². The molecule has 0 spiro atoms. The quantitative estimate of drug-likeness (QED) is 0.828. The van der Waals surface area contributed by atoms with Gasteiger partial charge in [0.15, 0.2) is 0 Å². The van der Waals surface area contributed by atoms with Crippen molar-refractivity contribution in [2.75, 3.05) is 6.61 Å². The number of aliphatic hydroxyl groups excluding tert-OH is 1. The summed E-state index contributed by atoms with van der Waals surface area (Å²) in [4.78, 5) is 4.62. The summed E-state index contributed by atoms with van der Waals surface area (Å²) in [5, 5.41) is 9.15. The SMILES string of the molecule is CC(C)(C)c1cn2cccc(C(N)CO)c2n1. The molecule has 2 aromatic rings. The van der Waals surface area contributed by atoms with E-state index in [0.717, 1.165) is 16.9 Å². The average molecular weight is 233 g/mol. The summed E-state index contributed by atoms with van der Waals surface area (Å²) in [5.41, 5.74) is 8.62. The topological polar surface area (TPSA) is 63.5 Å². The lowest BCUT2D eigenvalue weighted by atomic mass is 9.93. The van der Waals surface area contributed by atoms with E-state index in [1.807, 2.05) is 28.9 Å². The maximum atomic E-state index is 9.15. The van der Waals surface area contributed by atoms with Crippen LogP contribution in [0.25, 0.3) is 5.65 Å². The molecule has 1 unspecified atom stereocenters. The first-order valence-electron chi connectivity index (χ1n) is 5.78. The van der Waals surface area contributed by atoms with E-state index >= 15 is 0 Å². The van der Waals surface area contributed by atoms with Gasteiger partial charge in [0.1, 0.15) is 5.65 Å². The van der Waals surface area contributed by atoms with Gasteiger partial charge in [-0.1, -0.05) is 26.8 Å². The van der Waals surface area contributed by atoms with E-state index < -0.39 is 0 Å². The molecule has 2 aromatic heterocycles. The van der Waals surface area contributed by atoms with Gasteiger partial charge in [-0.2, -0.15) is 0 Å². The number of aliphatic hydroxyl groups is 1. The van der Waals surface area contributed by atoms with Crippen LogP contribution in [0.15, 0.2) is 24.5 Å². The summed E-state index contributed by atoms with van der Waals surface area (Å²) in [6.45, 7) is 6.30. The number of aromatic nitrogens is 2. The summed E-state index contributed by atoms with van der Waals surface area (Å²) in [5.74, 6) is 0. The van der Waals surface area contributed by atoms with Crippen LogP contribution in [0.2, 0.25) is 0 Å². The van der Waals surface area contributed by atoms with E-state index in [4.69, 9.17) is 10.8 Å². The summed E-state index contributed by atoms with van der Waals surface area (Å²) in [7, 11) is 0. The molecule has 0 saturated carbocycles. The van der Waals surface area contributed by atoms with E-state index in [0.29, 0.717) is 0 Å². The van der Waals surface area contributed by atoms with Gasteiger partial charge in [0, 0.05) is 23.4 Å². The Morgan fingerprint density at radius 3 is 2.76 bits per heavy atom. The van der Waals surface area contributed by atoms with Crippen LogP contribution < -0.4 is 5.73 Å². The minimum Gasteiger partial charge on any atom is -0.394 e. The number of hydrogen-bond acceptors (Lipinski definition) is 3. The lowest BCUT2D eigenvalue weighted by Crippen LogP contribution is -2.15. The smallest absolute Gasteiger partial charge is 0.141 e. The third-order valence-corrected chi connectivity index (χ3v) is 2.88. The first kappa shape index (κ1) is 12.1. The maximum absolute atomic E-state index is 9.15. The molecule has 2 heterocycles. The third-order valence-electron chi connectivity index (χ3n) is 2.88. The molecule has 17 heavy (non-hydrogen) atoms. The van der Waals surface area contributed by atoms with Gasteiger partial charge < -0.3 is 15.2 Å². The Morgan fingerprint density at radius 1 is 1.47 bits per heavy atom. The van der Waals surface area contributed by atoms with Crippen LogP contribution in [-0.4, -0.2) is 21.1 Å². The third kappa shape index (κ3) is 2.18. The Morgan fingerprint density at radius 2 is 2.18 bits per heavy atom. The number of hydrogen-bond donors (Lipinski definition) is 2. The molecule has 92 valence electrons. The average Bonchev–Trinajstić information content (AvgIpc) is 2.71. The largest absolute Gasteiger partial charge is 0.394 e. The van der Waals surface area contributed by atoms with Crippen molar-refractivity contribution in [3.05, 3.63) is 35.8 Å². The van der Waals surface area contributed by atoms with Crippen LogP contribution in [0, 0.1) is 0 Å². The Hall–Kier alpha value is -1.39. The minimum atomic E-state index is -0.381. The highest BCUT2D eigenvalue weighted by atomic mass is 16.3. The van der Waals surface area contributed by atoms with E-state index in [1.54, 1.807) is 0 Å². The van der Waals surface area contributed by atoms with Gasteiger partial charge in [-0.3, -0.25) is 0 Å². The summed E-state index contributed by atoms with van der Waals surface area (Å²) < 4.78 is 1.96. The second-order valence-corrected chi connectivity index (χ2v) is 5.36. The van der Waals surface area contributed by atoms with Crippen molar-refractivity contribution in [2.45, 2.75) is 32.2 Å². The fourth-order valence-corrected chi connectivity index (χ4v) is 1.78. The van der Waals surface area contributed by atoms with Crippen molar-refractivity contribution in [3.63, 3.8) is 0 Å². The lowest BCUT2D eigenvalue weighted by Gasteiger charge is -2.13. The summed E-state index contributed by atoms with van der Waals surface area (Å²) >= 11 is 0. The van der Waals surface area contributed by atoms with Crippen LogP contribution in [0.4, 0.5) is 0 Å². The van der Waals surface area contributed by atoms with E-state index in [2.05, 4.69) is 25.8 Å². The highest BCUT2D eigenvalue weighted by Crippen LogP contribution is 2.24. The predicted molar refractivity (Wildman–Crippen MR) is 67.9 cm³/mol. The molecule has 0 aliphatic rings. The molecule has 0 fully saturated rings. The molecule has 0 saturated heterocycles. The molecular weight excluding hydrogens is 214 g/mol. The summed E-state index contributed by atoms with van der Waals surface area (Å²) in [6.07, 6.45) is 3.97. The minimum absolute atomic E-state index is 0.00655. The molecule has 0 aromatic carbocycles. The van der Waals surface area contributed by atoms with E-state index in [1.165, 1.54) is 0 Å². The van der Waals surface area contributed by atoms with Gasteiger partial charge in [-0.05, 0) is 6.07 Å². The molecule has 4 heteroatoms. The van der Waals surface area contributed by atoms with Crippen molar-refractivity contribution in [1.29, 1.82) is 0 Å². The fraction of sp³-hybridized carbons (Fsp3) is 0.462. The lowest BCUT2D eigenvalue weighted by molar-refractivity contribution is 0.268. The van der Waals surface area contributed by atoms with Crippen molar-refractivity contribution in [3.8, 4) is 0 Å². The zero-order chi connectivity index (χ0) is 12.6. The second-order valence-electron chi connectivity index (χ2n) is 5.36. The predicted octanol–water partition coefficient (Wildman–Crippen LogP) is 1.62. The first-order chi connectivity index (χ1) is 7.93. The normalized spacial score (nSPS) is 14.2. The maximum Gasteiger partial charge on any atom is 0.141 e. The fourth-order valence-electron chi connectivity index (χ4n) is 1.78. The van der Waals surface area contributed by atoms with Crippen LogP contribution in [0.5, 0.6) is 0 Å². The highest BCUT2D eigenvalue weighted by Gasteiger charge is 2.19. The molecule has 0 bridgehead atoms. The van der Waals surface area contributed by atoms with Gasteiger partial charge in [0.05, 0.1) is 18.3 Å². The number of pyridine rings is 1. The number of nitrogens with zero attached hydrogens (tertiary/aromatic N) is 2. The number of fused-ring (bicyclic) bond motifs is 1.